The van der Waals surface area contributed by atoms with Crippen LogP contribution in [-0.4, -0.2) is 67.5 Å². The smallest absolute Gasteiger partial charge is 0.255 e. The fourth-order valence-electron chi connectivity index (χ4n) is 3.86. The number of halogens is 1. The summed E-state index contributed by atoms with van der Waals surface area (Å²) in [4.78, 5) is 31.6. The molecular weight excluding hydrogens is 440 g/mol. The molecule has 1 aliphatic rings. The highest BCUT2D eigenvalue weighted by Crippen LogP contribution is 2.21. The van der Waals surface area contributed by atoms with Crippen molar-refractivity contribution in [3.63, 3.8) is 0 Å². The zero-order valence-electron chi connectivity index (χ0n) is 18.9. The summed E-state index contributed by atoms with van der Waals surface area (Å²) in [6.07, 6.45) is 1.02. The maximum absolute atomic E-state index is 13.2. The molecule has 1 aliphatic heterocycles. The number of rotatable bonds is 8. The summed E-state index contributed by atoms with van der Waals surface area (Å²) >= 11 is 6.20. The van der Waals surface area contributed by atoms with Crippen molar-refractivity contribution in [2.45, 2.75) is 19.8 Å². The van der Waals surface area contributed by atoms with Gasteiger partial charge < -0.3 is 14.5 Å². The third kappa shape index (κ3) is 6.70. The molecule has 0 aliphatic carbocycles. The monoisotopic (exact) mass is 468 g/mol. The molecule has 0 spiro atoms. The van der Waals surface area contributed by atoms with Crippen molar-refractivity contribution in [3.05, 3.63) is 59.1 Å². The largest absolute Gasteiger partial charge is 0.494 e. The van der Waals surface area contributed by atoms with Crippen LogP contribution < -0.4 is 9.64 Å². The third-order valence-electron chi connectivity index (χ3n) is 5.55. The molecule has 1 fully saturated rings. The minimum atomic E-state index is -0.0844. The molecule has 33 heavy (non-hydrogen) atoms. The highest BCUT2D eigenvalue weighted by molar-refractivity contribution is 6.33. The summed E-state index contributed by atoms with van der Waals surface area (Å²) in [5, 5.41) is 9.49. The molecule has 7 nitrogen and oxygen atoms in total. The minimum Gasteiger partial charge on any atom is -0.494 e. The second-order valence-electron chi connectivity index (χ2n) is 7.78. The maximum atomic E-state index is 13.2. The Bertz CT molecular complexity index is 990. The predicted molar refractivity (Wildman–Crippen MR) is 129 cm³/mol. The fraction of sp³-hybridized carbons (Fsp3) is 0.400. The Morgan fingerprint density at radius 3 is 2.55 bits per heavy atom. The van der Waals surface area contributed by atoms with Gasteiger partial charge in [0.05, 0.1) is 36.2 Å². The average molecular weight is 469 g/mol. The topological polar surface area (TPSA) is 76.9 Å². The number of hydrogen-bond acceptors (Lipinski definition) is 5. The van der Waals surface area contributed by atoms with Crippen molar-refractivity contribution in [1.82, 2.24) is 9.80 Å². The van der Waals surface area contributed by atoms with E-state index in [1.807, 2.05) is 31.2 Å². The Labute approximate surface area is 200 Å². The lowest BCUT2D eigenvalue weighted by Crippen LogP contribution is -2.42. The van der Waals surface area contributed by atoms with Gasteiger partial charge in [0.25, 0.3) is 5.91 Å². The summed E-state index contributed by atoms with van der Waals surface area (Å²) in [6.45, 7) is 5.50. The van der Waals surface area contributed by atoms with Crippen LogP contribution in [0.2, 0.25) is 5.02 Å². The highest BCUT2D eigenvalue weighted by Gasteiger charge is 2.24. The van der Waals surface area contributed by atoms with Crippen molar-refractivity contribution in [2.75, 3.05) is 50.8 Å². The molecular formula is C25H29ClN4O3. The summed E-state index contributed by atoms with van der Waals surface area (Å²) in [5.74, 6) is 0.587. The van der Waals surface area contributed by atoms with Crippen molar-refractivity contribution < 1.29 is 14.3 Å². The number of nitrogens with zero attached hydrogens (tertiary/aromatic N) is 4. The van der Waals surface area contributed by atoms with Gasteiger partial charge in [-0.05, 0) is 49.7 Å². The van der Waals surface area contributed by atoms with Gasteiger partial charge in [0.2, 0.25) is 5.91 Å². The SMILES string of the molecule is CCOc1ccc(N(CCC#N)C(=O)CN2CCCN(C(=O)c3ccccc3Cl)CC2)cc1. The van der Waals surface area contributed by atoms with E-state index in [4.69, 9.17) is 21.6 Å². The van der Waals surface area contributed by atoms with Crippen LogP contribution in [0.15, 0.2) is 48.5 Å². The van der Waals surface area contributed by atoms with Gasteiger partial charge in [-0.2, -0.15) is 5.26 Å². The maximum Gasteiger partial charge on any atom is 0.255 e. The molecule has 2 aromatic rings. The molecule has 1 saturated heterocycles. The van der Waals surface area contributed by atoms with E-state index >= 15 is 0 Å². The lowest BCUT2D eigenvalue weighted by atomic mass is 10.2. The van der Waals surface area contributed by atoms with Crippen LogP contribution in [0.3, 0.4) is 0 Å². The number of ether oxygens (including phenoxy) is 1. The second-order valence-corrected chi connectivity index (χ2v) is 8.19. The molecule has 2 amide bonds. The second kappa shape index (κ2) is 12.2. The number of benzene rings is 2. The van der Waals surface area contributed by atoms with Gasteiger partial charge in [-0.1, -0.05) is 23.7 Å². The molecule has 3 rings (SSSR count). The molecule has 0 bridgehead atoms. The van der Waals surface area contributed by atoms with Crippen molar-refractivity contribution in [1.29, 1.82) is 5.26 Å². The first kappa shape index (κ1) is 24.6. The van der Waals surface area contributed by atoms with Crippen LogP contribution in [-0.2, 0) is 4.79 Å². The van der Waals surface area contributed by atoms with E-state index < -0.39 is 0 Å². The van der Waals surface area contributed by atoms with Crippen molar-refractivity contribution in [2.24, 2.45) is 0 Å². The van der Waals surface area contributed by atoms with E-state index in [1.165, 1.54) is 0 Å². The van der Waals surface area contributed by atoms with Gasteiger partial charge in [-0.15, -0.1) is 0 Å². The molecule has 0 saturated carbocycles. The van der Waals surface area contributed by atoms with E-state index in [0.29, 0.717) is 49.9 Å². The van der Waals surface area contributed by atoms with Crippen LogP contribution in [0.25, 0.3) is 0 Å². The van der Waals surface area contributed by atoms with E-state index in [1.54, 1.807) is 34.1 Å². The molecule has 0 unspecified atom stereocenters. The van der Waals surface area contributed by atoms with Crippen LogP contribution in [0.1, 0.15) is 30.1 Å². The first-order chi connectivity index (χ1) is 16.0. The number of hydrogen-bond donors (Lipinski definition) is 0. The summed E-state index contributed by atoms with van der Waals surface area (Å²) in [6, 6.07) is 16.5. The number of carbonyl (C=O) groups excluding carboxylic acids is 2. The van der Waals surface area contributed by atoms with Crippen LogP contribution >= 0.6 is 11.6 Å². The molecule has 0 radical (unpaired) electrons. The Kier molecular flexibility index (Phi) is 9.11. The molecule has 1 heterocycles. The van der Waals surface area contributed by atoms with Gasteiger partial charge in [0.15, 0.2) is 0 Å². The normalized spacial score (nSPS) is 14.3. The zero-order chi connectivity index (χ0) is 23.6. The fourth-order valence-corrected chi connectivity index (χ4v) is 4.08. The third-order valence-corrected chi connectivity index (χ3v) is 5.88. The van der Waals surface area contributed by atoms with Gasteiger partial charge in [0.1, 0.15) is 5.75 Å². The summed E-state index contributed by atoms with van der Waals surface area (Å²) < 4.78 is 5.48. The van der Waals surface area contributed by atoms with E-state index in [2.05, 4.69) is 11.0 Å². The zero-order valence-corrected chi connectivity index (χ0v) is 19.6. The lowest BCUT2D eigenvalue weighted by molar-refractivity contribution is -0.119. The van der Waals surface area contributed by atoms with Crippen molar-refractivity contribution in [3.8, 4) is 11.8 Å². The average Bonchev–Trinajstić information content (AvgIpc) is 3.06. The summed E-state index contributed by atoms with van der Waals surface area (Å²) in [7, 11) is 0. The standard InChI is InChI=1S/C25H29ClN4O3/c1-2-33-21-11-9-20(10-12-21)30(16-5-13-27)24(31)19-28-14-6-15-29(18-17-28)25(32)22-7-3-4-8-23(22)26/h3-4,7-12H,2,5-6,14-19H2,1H3. The van der Waals surface area contributed by atoms with Gasteiger partial charge in [-0.3, -0.25) is 14.5 Å². The summed E-state index contributed by atoms with van der Waals surface area (Å²) in [5.41, 5.74) is 1.24. The Hall–Kier alpha value is -3.08. The quantitative estimate of drug-likeness (QED) is 0.588. The van der Waals surface area contributed by atoms with E-state index in [9.17, 15) is 9.59 Å². The van der Waals surface area contributed by atoms with Gasteiger partial charge in [-0.25, -0.2) is 0 Å². The first-order valence-electron chi connectivity index (χ1n) is 11.2. The predicted octanol–water partition coefficient (Wildman–Crippen LogP) is 3.83. The first-order valence-corrected chi connectivity index (χ1v) is 11.6. The van der Waals surface area contributed by atoms with Crippen LogP contribution in [0.5, 0.6) is 5.75 Å². The van der Waals surface area contributed by atoms with E-state index in [-0.39, 0.29) is 24.8 Å². The van der Waals surface area contributed by atoms with Crippen molar-refractivity contribution >= 4 is 29.1 Å². The lowest BCUT2D eigenvalue weighted by Gasteiger charge is -2.26. The molecule has 8 heteroatoms. The molecule has 174 valence electrons. The number of carbonyl (C=O) groups is 2. The molecule has 2 aromatic carbocycles. The number of nitriles is 1. The molecule has 0 aromatic heterocycles. The van der Waals surface area contributed by atoms with Crippen LogP contribution in [0.4, 0.5) is 5.69 Å². The molecule has 0 N–H and O–H groups in total. The Morgan fingerprint density at radius 2 is 1.85 bits per heavy atom. The number of amides is 2. The van der Waals surface area contributed by atoms with Gasteiger partial charge >= 0.3 is 0 Å². The van der Waals surface area contributed by atoms with E-state index in [0.717, 1.165) is 17.9 Å². The highest BCUT2D eigenvalue weighted by atomic mass is 35.5. The minimum absolute atomic E-state index is 0.0692. The Balaban J connectivity index is 1.63. The number of anilines is 1. The van der Waals surface area contributed by atoms with Gasteiger partial charge in [0, 0.05) is 38.4 Å². The molecule has 0 atom stereocenters. The van der Waals surface area contributed by atoms with Crippen LogP contribution in [0, 0.1) is 11.3 Å². The Morgan fingerprint density at radius 1 is 1.09 bits per heavy atom.